The van der Waals surface area contributed by atoms with Crippen molar-refractivity contribution in [3.8, 4) is 5.75 Å². The van der Waals surface area contributed by atoms with Crippen LogP contribution in [-0.2, 0) is 17.9 Å². The quantitative estimate of drug-likeness (QED) is 0.263. The highest BCUT2D eigenvalue weighted by atomic mass is 16.5. The van der Waals surface area contributed by atoms with Crippen molar-refractivity contribution in [2.75, 3.05) is 14.2 Å². The molecule has 1 fully saturated rings. The molecular formula is C35H37N3O4. The van der Waals surface area contributed by atoms with Gasteiger partial charge in [0.1, 0.15) is 17.9 Å². The van der Waals surface area contributed by atoms with Crippen LogP contribution in [0.4, 0.5) is 4.79 Å². The molecule has 1 unspecified atom stereocenters. The number of aliphatic hydroxyl groups excluding tert-OH is 1. The normalized spacial score (nSPS) is 18.3. The molecule has 216 valence electrons. The molecule has 7 heteroatoms. The van der Waals surface area contributed by atoms with E-state index >= 15 is 0 Å². The monoisotopic (exact) mass is 563 g/mol. The van der Waals surface area contributed by atoms with Crippen molar-refractivity contribution in [2.24, 2.45) is 0 Å². The Hall–Kier alpha value is -4.46. The number of urea groups is 1. The van der Waals surface area contributed by atoms with Crippen LogP contribution >= 0.6 is 0 Å². The van der Waals surface area contributed by atoms with Gasteiger partial charge in [0.15, 0.2) is 0 Å². The maximum Gasteiger partial charge on any atom is 0.327 e. The predicted molar refractivity (Wildman–Crippen MR) is 163 cm³/mol. The van der Waals surface area contributed by atoms with Crippen molar-refractivity contribution in [3.05, 3.63) is 138 Å². The van der Waals surface area contributed by atoms with Crippen molar-refractivity contribution in [1.29, 1.82) is 0 Å². The smallest absolute Gasteiger partial charge is 0.327 e. The van der Waals surface area contributed by atoms with Crippen molar-refractivity contribution in [1.82, 2.24) is 14.7 Å². The third kappa shape index (κ3) is 6.08. The fourth-order valence-electron chi connectivity index (χ4n) is 5.71. The number of methoxy groups -OCH3 is 1. The molecule has 4 aromatic rings. The van der Waals surface area contributed by atoms with Gasteiger partial charge in [0.05, 0.1) is 19.2 Å². The summed E-state index contributed by atoms with van der Waals surface area (Å²) in [6.45, 7) is 2.73. The lowest BCUT2D eigenvalue weighted by molar-refractivity contribution is -0.140. The van der Waals surface area contributed by atoms with E-state index in [1.165, 1.54) is 4.90 Å². The lowest BCUT2D eigenvalue weighted by Gasteiger charge is -2.37. The largest absolute Gasteiger partial charge is 0.497 e. The SMILES string of the molecule is COc1ccc(C(O)[C@@H](C(=O)N2C(=O)N(C)[C@@H](C)[C@H]2c2ccccc2)N(Cc2ccccc2)Cc2ccccc2)cc1. The number of hydrogen-bond donors (Lipinski definition) is 1. The number of nitrogens with zero attached hydrogens (tertiary/aromatic N) is 3. The van der Waals surface area contributed by atoms with E-state index in [2.05, 4.69) is 0 Å². The molecule has 0 radical (unpaired) electrons. The molecule has 0 spiro atoms. The Labute approximate surface area is 247 Å². The number of hydrogen-bond acceptors (Lipinski definition) is 5. The third-order valence-electron chi connectivity index (χ3n) is 8.09. The Morgan fingerprint density at radius 3 is 1.83 bits per heavy atom. The Kier molecular flexibility index (Phi) is 9.00. The number of aliphatic hydroxyl groups is 1. The molecule has 7 nitrogen and oxygen atoms in total. The highest BCUT2D eigenvalue weighted by Crippen LogP contribution is 2.37. The van der Waals surface area contributed by atoms with Crippen molar-refractivity contribution in [2.45, 2.75) is 44.2 Å². The molecule has 4 atom stereocenters. The summed E-state index contributed by atoms with van der Waals surface area (Å²) in [7, 11) is 3.30. The average Bonchev–Trinajstić information content (AvgIpc) is 3.26. The van der Waals surface area contributed by atoms with Gasteiger partial charge in [0, 0.05) is 20.1 Å². The first kappa shape index (κ1) is 29.0. The number of amides is 3. The Bertz CT molecular complexity index is 1420. The van der Waals surface area contributed by atoms with Crippen LogP contribution in [0, 0.1) is 0 Å². The molecule has 0 saturated carbocycles. The summed E-state index contributed by atoms with van der Waals surface area (Å²) in [5, 5.41) is 12.0. The van der Waals surface area contributed by atoms with Crippen molar-refractivity contribution in [3.63, 3.8) is 0 Å². The lowest BCUT2D eigenvalue weighted by atomic mass is 9.95. The second-order valence-corrected chi connectivity index (χ2v) is 10.7. The maximum absolute atomic E-state index is 14.8. The summed E-state index contributed by atoms with van der Waals surface area (Å²) in [6.07, 6.45) is -1.22. The van der Waals surface area contributed by atoms with E-state index in [0.29, 0.717) is 24.4 Å². The zero-order valence-electron chi connectivity index (χ0n) is 24.2. The van der Waals surface area contributed by atoms with Crippen LogP contribution in [0.15, 0.2) is 115 Å². The number of ether oxygens (including phenoxy) is 1. The van der Waals surface area contributed by atoms with Crippen LogP contribution in [0.25, 0.3) is 0 Å². The summed E-state index contributed by atoms with van der Waals surface area (Å²) >= 11 is 0. The fraction of sp³-hybridized carbons (Fsp3) is 0.257. The van der Waals surface area contributed by atoms with Gasteiger partial charge in [-0.15, -0.1) is 0 Å². The van der Waals surface area contributed by atoms with Gasteiger partial charge in [0.25, 0.3) is 5.91 Å². The van der Waals surface area contributed by atoms with Gasteiger partial charge >= 0.3 is 6.03 Å². The molecule has 0 bridgehead atoms. The molecule has 1 saturated heterocycles. The second-order valence-electron chi connectivity index (χ2n) is 10.7. The minimum Gasteiger partial charge on any atom is -0.497 e. The van der Waals surface area contributed by atoms with Crippen LogP contribution in [0.5, 0.6) is 5.75 Å². The van der Waals surface area contributed by atoms with Crippen LogP contribution < -0.4 is 4.74 Å². The van der Waals surface area contributed by atoms with E-state index in [0.717, 1.165) is 16.7 Å². The minimum absolute atomic E-state index is 0.251. The second kappa shape index (κ2) is 13.0. The summed E-state index contributed by atoms with van der Waals surface area (Å²) in [4.78, 5) is 33.5. The summed E-state index contributed by atoms with van der Waals surface area (Å²) in [6, 6.07) is 34.2. The molecule has 1 N–H and O–H groups in total. The Morgan fingerprint density at radius 1 is 0.833 bits per heavy atom. The molecule has 5 rings (SSSR count). The number of likely N-dealkylation sites (N-methyl/N-ethyl adjacent to an activating group) is 1. The molecular weight excluding hydrogens is 526 g/mol. The van der Waals surface area contributed by atoms with E-state index in [1.54, 1.807) is 43.3 Å². The number of carbonyl (C=O) groups excluding carboxylic acids is 2. The minimum atomic E-state index is -1.22. The molecule has 42 heavy (non-hydrogen) atoms. The number of carbonyl (C=O) groups is 2. The number of imide groups is 1. The summed E-state index contributed by atoms with van der Waals surface area (Å²) < 4.78 is 5.33. The number of rotatable bonds is 10. The first-order valence-electron chi connectivity index (χ1n) is 14.2. The van der Waals surface area contributed by atoms with Crippen LogP contribution in [0.3, 0.4) is 0 Å². The first-order chi connectivity index (χ1) is 20.4. The zero-order chi connectivity index (χ0) is 29.6. The van der Waals surface area contributed by atoms with E-state index in [-0.39, 0.29) is 12.1 Å². The molecule has 1 aliphatic heterocycles. The molecule has 3 amide bonds. The average molecular weight is 564 g/mol. The first-order valence-corrected chi connectivity index (χ1v) is 14.2. The van der Waals surface area contributed by atoms with Gasteiger partial charge in [-0.05, 0) is 41.3 Å². The van der Waals surface area contributed by atoms with E-state index in [1.807, 2.05) is 103 Å². The highest BCUT2D eigenvalue weighted by Gasteiger charge is 2.49. The fourth-order valence-corrected chi connectivity index (χ4v) is 5.71. The van der Waals surface area contributed by atoms with Crippen LogP contribution in [0.2, 0.25) is 0 Å². The molecule has 0 aliphatic carbocycles. The zero-order valence-corrected chi connectivity index (χ0v) is 24.2. The third-order valence-corrected chi connectivity index (χ3v) is 8.09. The van der Waals surface area contributed by atoms with Gasteiger partial charge in [-0.25, -0.2) is 4.79 Å². The van der Waals surface area contributed by atoms with Gasteiger partial charge < -0.3 is 14.7 Å². The topological polar surface area (TPSA) is 73.3 Å². The van der Waals surface area contributed by atoms with Gasteiger partial charge in [-0.2, -0.15) is 0 Å². The van der Waals surface area contributed by atoms with E-state index in [9.17, 15) is 14.7 Å². The molecule has 4 aromatic carbocycles. The van der Waals surface area contributed by atoms with Crippen LogP contribution in [0.1, 0.15) is 41.3 Å². The van der Waals surface area contributed by atoms with E-state index in [4.69, 9.17) is 4.74 Å². The van der Waals surface area contributed by atoms with E-state index < -0.39 is 24.1 Å². The maximum atomic E-state index is 14.8. The molecule has 0 aromatic heterocycles. The predicted octanol–water partition coefficient (Wildman–Crippen LogP) is 5.82. The highest BCUT2D eigenvalue weighted by molar-refractivity contribution is 5.99. The molecule has 1 aliphatic rings. The van der Waals surface area contributed by atoms with Crippen molar-refractivity contribution >= 4 is 11.9 Å². The Balaban J connectivity index is 1.62. The van der Waals surface area contributed by atoms with Gasteiger partial charge in [-0.1, -0.05) is 103 Å². The van der Waals surface area contributed by atoms with Gasteiger partial charge in [0.2, 0.25) is 0 Å². The van der Waals surface area contributed by atoms with Crippen molar-refractivity contribution < 1.29 is 19.4 Å². The Morgan fingerprint density at radius 2 is 1.33 bits per heavy atom. The molecule has 1 heterocycles. The summed E-state index contributed by atoms with van der Waals surface area (Å²) in [5.74, 6) is 0.203. The standard InChI is InChI=1S/C35H37N3O4/c1-25-31(28-17-11-6-12-18-28)38(35(41)36(25)2)34(40)32(33(39)29-19-21-30(42-3)22-20-29)37(23-26-13-7-4-8-14-26)24-27-15-9-5-10-16-27/h4-22,25,31-33,39H,23-24H2,1-3H3/t25-,31-,32-,33?/m0/s1. The summed E-state index contributed by atoms with van der Waals surface area (Å²) in [5.41, 5.74) is 3.41. The van der Waals surface area contributed by atoms with Gasteiger partial charge in [-0.3, -0.25) is 14.6 Å². The van der Waals surface area contributed by atoms with Crippen LogP contribution in [-0.4, -0.2) is 58.0 Å². The lowest BCUT2D eigenvalue weighted by Crippen LogP contribution is -2.52. The number of benzene rings is 4.